The number of halogens is 2. The normalized spacial score (nSPS) is 14.6. The summed E-state index contributed by atoms with van der Waals surface area (Å²) in [6.45, 7) is 6.35. The minimum atomic E-state index is -0.619. The molecule has 0 spiro atoms. The number of hydrogen-bond donors (Lipinski definition) is 0. The molecule has 0 radical (unpaired) electrons. The predicted molar refractivity (Wildman–Crippen MR) is 68.8 cm³/mol. The van der Waals surface area contributed by atoms with E-state index in [4.69, 9.17) is 11.6 Å². The molecule has 1 unspecified atom stereocenters. The van der Waals surface area contributed by atoms with E-state index in [-0.39, 0.29) is 10.4 Å². The molecule has 96 valence electrons. The summed E-state index contributed by atoms with van der Waals surface area (Å²) in [5, 5.41) is 0.0772. The number of aromatic nitrogens is 2. The summed E-state index contributed by atoms with van der Waals surface area (Å²) in [5.74, 6) is -0.619. The van der Waals surface area contributed by atoms with Crippen LogP contribution in [0.15, 0.2) is 6.33 Å². The van der Waals surface area contributed by atoms with Crippen molar-refractivity contribution in [3.8, 4) is 0 Å². The van der Waals surface area contributed by atoms with Crippen molar-refractivity contribution in [2.45, 2.75) is 58.3 Å². The first-order chi connectivity index (χ1) is 8.05. The van der Waals surface area contributed by atoms with Gasteiger partial charge in [-0.15, -0.1) is 0 Å². The topological polar surface area (TPSA) is 25.8 Å². The minimum absolute atomic E-state index is 0.0772. The van der Waals surface area contributed by atoms with Crippen molar-refractivity contribution in [1.82, 2.24) is 9.97 Å². The molecule has 1 aromatic heterocycles. The van der Waals surface area contributed by atoms with Gasteiger partial charge in [-0.3, -0.25) is 0 Å². The number of nitrogens with zero attached hydrogens (tertiary/aromatic N) is 2. The Kier molecular flexibility index (Phi) is 5.31. The zero-order chi connectivity index (χ0) is 12.9. The molecular formula is C13H20ClFN2. The molecule has 1 aromatic rings. The van der Waals surface area contributed by atoms with Crippen molar-refractivity contribution in [2.24, 2.45) is 0 Å². The summed E-state index contributed by atoms with van der Waals surface area (Å²) in [7, 11) is 0. The van der Waals surface area contributed by atoms with Crippen LogP contribution in [0.2, 0.25) is 5.02 Å². The lowest BCUT2D eigenvalue weighted by molar-refractivity contribution is 0.384. The second-order valence-electron chi connectivity index (χ2n) is 4.70. The van der Waals surface area contributed by atoms with Crippen molar-refractivity contribution in [3.63, 3.8) is 0 Å². The van der Waals surface area contributed by atoms with Gasteiger partial charge in [-0.05, 0) is 12.8 Å². The summed E-state index contributed by atoms with van der Waals surface area (Å²) < 4.78 is 13.4. The van der Waals surface area contributed by atoms with Crippen LogP contribution in [0, 0.1) is 5.95 Å². The molecule has 0 saturated heterocycles. The van der Waals surface area contributed by atoms with Gasteiger partial charge in [0.15, 0.2) is 0 Å². The molecule has 17 heavy (non-hydrogen) atoms. The summed E-state index contributed by atoms with van der Waals surface area (Å²) >= 11 is 5.97. The first-order valence-electron chi connectivity index (χ1n) is 6.21. The molecule has 0 fully saturated rings. The lowest BCUT2D eigenvalue weighted by atomic mass is 9.79. The molecule has 0 aliphatic rings. The maximum atomic E-state index is 13.4. The number of unbranched alkanes of at least 4 members (excludes halogenated alkanes) is 2. The fourth-order valence-corrected chi connectivity index (χ4v) is 2.32. The Balaban J connectivity index is 2.95. The molecule has 0 amide bonds. The fraction of sp³-hybridized carbons (Fsp3) is 0.692. The van der Waals surface area contributed by atoms with Gasteiger partial charge in [-0.2, -0.15) is 4.39 Å². The van der Waals surface area contributed by atoms with Gasteiger partial charge in [0, 0.05) is 5.41 Å². The highest BCUT2D eigenvalue weighted by Crippen LogP contribution is 2.36. The van der Waals surface area contributed by atoms with Crippen LogP contribution in [-0.4, -0.2) is 9.97 Å². The molecule has 0 aromatic carbocycles. The highest BCUT2D eigenvalue weighted by atomic mass is 35.5. The van der Waals surface area contributed by atoms with Gasteiger partial charge in [0.2, 0.25) is 5.95 Å². The molecule has 2 nitrogen and oxygen atoms in total. The molecule has 0 aliphatic carbocycles. The largest absolute Gasteiger partial charge is 0.239 e. The third-order valence-electron chi connectivity index (χ3n) is 3.43. The second-order valence-corrected chi connectivity index (χ2v) is 5.08. The predicted octanol–water partition coefficient (Wildman–Crippen LogP) is 4.52. The zero-order valence-electron chi connectivity index (χ0n) is 10.8. The first-order valence-corrected chi connectivity index (χ1v) is 6.59. The average molecular weight is 259 g/mol. The third-order valence-corrected chi connectivity index (χ3v) is 3.77. The summed E-state index contributed by atoms with van der Waals surface area (Å²) in [4.78, 5) is 7.65. The van der Waals surface area contributed by atoms with Crippen molar-refractivity contribution in [2.75, 3.05) is 0 Å². The molecule has 1 atom stereocenters. The van der Waals surface area contributed by atoms with Crippen LogP contribution in [0.25, 0.3) is 0 Å². The van der Waals surface area contributed by atoms with Crippen LogP contribution in [-0.2, 0) is 5.41 Å². The Morgan fingerprint density at radius 3 is 2.59 bits per heavy atom. The lowest BCUT2D eigenvalue weighted by Crippen LogP contribution is -2.23. The van der Waals surface area contributed by atoms with E-state index in [1.54, 1.807) is 0 Å². The van der Waals surface area contributed by atoms with Crippen LogP contribution < -0.4 is 0 Å². The molecule has 4 heteroatoms. The van der Waals surface area contributed by atoms with E-state index in [9.17, 15) is 4.39 Å². The first kappa shape index (κ1) is 14.4. The van der Waals surface area contributed by atoms with Crippen LogP contribution in [0.5, 0.6) is 0 Å². The maximum Gasteiger partial charge on any atom is 0.235 e. The smallest absolute Gasteiger partial charge is 0.235 e. The van der Waals surface area contributed by atoms with Gasteiger partial charge in [0.1, 0.15) is 11.3 Å². The lowest BCUT2D eigenvalue weighted by Gasteiger charge is -2.28. The number of hydrogen-bond acceptors (Lipinski definition) is 2. The SMILES string of the molecule is CCCCCC(C)(CC)c1ncnc(F)c1Cl. The van der Waals surface area contributed by atoms with E-state index >= 15 is 0 Å². The van der Waals surface area contributed by atoms with Gasteiger partial charge in [0.25, 0.3) is 0 Å². The Labute approximate surface area is 108 Å². The van der Waals surface area contributed by atoms with Crippen LogP contribution in [0.1, 0.15) is 58.6 Å². The Morgan fingerprint density at radius 1 is 1.29 bits per heavy atom. The zero-order valence-corrected chi connectivity index (χ0v) is 11.5. The van der Waals surface area contributed by atoms with Crippen molar-refractivity contribution < 1.29 is 4.39 Å². The fourth-order valence-electron chi connectivity index (χ4n) is 2.00. The summed E-state index contributed by atoms with van der Waals surface area (Å²) in [6.07, 6.45) is 6.60. The molecule has 0 saturated carbocycles. The van der Waals surface area contributed by atoms with E-state index in [1.165, 1.54) is 19.2 Å². The van der Waals surface area contributed by atoms with E-state index in [1.807, 2.05) is 0 Å². The monoisotopic (exact) mass is 258 g/mol. The molecule has 0 N–H and O–H groups in total. The van der Waals surface area contributed by atoms with Gasteiger partial charge in [0.05, 0.1) is 5.69 Å². The highest BCUT2D eigenvalue weighted by molar-refractivity contribution is 6.31. The van der Waals surface area contributed by atoms with Gasteiger partial charge in [-0.25, -0.2) is 9.97 Å². The van der Waals surface area contributed by atoms with Gasteiger partial charge >= 0.3 is 0 Å². The van der Waals surface area contributed by atoms with Crippen molar-refractivity contribution >= 4 is 11.6 Å². The molecule has 1 heterocycles. The Morgan fingerprint density at radius 2 is 2.00 bits per heavy atom. The van der Waals surface area contributed by atoms with E-state index in [2.05, 4.69) is 30.7 Å². The van der Waals surface area contributed by atoms with E-state index < -0.39 is 5.95 Å². The minimum Gasteiger partial charge on any atom is -0.239 e. The van der Waals surface area contributed by atoms with Gasteiger partial charge < -0.3 is 0 Å². The summed E-state index contributed by atoms with van der Waals surface area (Å²) in [6, 6.07) is 0. The van der Waals surface area contributed by atoms with Gasteiger partial charge in [-0.1, -0.05) is 51.6 Å². The van der Waals surface area contributed by atoms with Crippen molar-refractivity contribution in [3.05, 3.63) is 23.0 Å². The highest BCUT2D eigenvalue weighted by Gasteiger charge is 2.29. The standard InChI is InChI=1S/C13H20ClFN2/c1-4-6-7-8-13(3,5-2)11-10(14)12(15)17-9-16-11/h9H,4-8H2,1-3H3. The van der Waals surface area contributed by atoms with Crippen LogP contribution >= 0.6 is 11.6 Å². The molecular weight excluding hydrogens is 239 g/mol. The van der Waals surface area contributed by atoms with Crippen LogP contribution in [0.4, 0.5) is 4.39 Å². The molecule has 1 rings (SSSR count). The third kappa shape index (κ3) is 3.38. The maximum absolute atomic E-state index is 13.4. The molecule has 0 aliphatic heterocycles. The second kappa shape index (κ2) is 6.29. The van der Waals surface area contributed by atoms with E-state index in [0.717, 1.165) is 19.3 Å². The molecule has 0 bridgehead atoms. The Hall–Kier alpha value is -0.700. The van der Waals surface area contributed by atoms with Crippen LogP contribution in [0.3, 0.4) is 0 Å². The van der Waals surface area contributed by atoms with E-state index in [0.29, 0.717) is 5.69 Å². The Bertz CT molecular complexity index is 370. The van der Waals surface area contributed by atoms with Crippen molar-refractivity contribution in [1.29, 1.82) is 0 Å². The quantitative estimate of drug-likeness (QED) is 0.554. The number of rotatable bonds is 6. The average Bonchev–Trinajstić information content (AvgIpc) is 2.33. The summed E-state index contributed by atoms with van der Waals surface area (Å²) in [5.41, 5.74) is 0.487.